The topological polar surface area (TPSA) is 38.3 Å². The van der Waals surface area contributed by atoms with E-state index in [9.17, 15) is 4.79 Å². The van der Waals surface area contributed by atoms with Gasteiger partial charge in [0, 0.05) is 12.1 Å². The lowest BCUT2D eigenvalue weighted by Gasteiger charge is -2.27. The van der Waals surface area contributed by atoms with E-state index in [1.165, 1.54) is 7.11 Å². The number of nitrogens with one attached hydrogen (secondary N) is 1. The van der Waals surface area contributed by atoms with Crippen LogP contribution in [0.3, 0.4) is 0 Å². The second kappa shape index (κ2) is 5.33. The average Bonchev–Trinajstić information content (AvgIpc) is 2.83. The van der Waals surface area contributed by atoms with Gasteiger partial charge in [-0.15, -0.1) is 0 Å². The third-order valence-corrected chi connectivity index (χ3v) is 3.98. The van der Waals surface area contributed by atoms with Crippen molar-refractivity contribution in [1.82, 2.24) is 5.32 Å². The zero-order chi connectivity index (χ0) is 14.0. The van der Waals surface area contributed by atoms with E-state index in [4.69, 9.17) is 4.74 Å². The molecule has 19 heavy (non-hydrogen) atoms. The number of hydrogen-bond acceptors (Lipinski definition) is 3. The lowest BCUT2D eigenvalue weighted by atomic mass is 9.83. The molecule has 1 heterocycles. The standard InChI is InChI=1S/C16H23NO2/c1-16(2,3)13-10-12(15(18)19-4)14(17-13)11-8-6-5-7-9-11/h5-9,12-14,17H,10H2,1-4H3/t12-,13+,14+/m0/s1. The van der Waals surface area contributed by atoms with Gasteiger partial charge < -0.3 is 10.1 Å². The van der Waals surface area contributed by atoms with Gasteiger partial charge in [0.05, 0.1) is 13.0 Å². The molecule has 1 N–H and O–H groups in total. The number of esters is 1. The fourth-order valence-corrected chi connectivity index (χ4v) is 2.77. The van der Waals surface area contributed by atoms with Crippen LogP contribution in [0.15, 0.2) is 30.3 Å². The SMILES string of the molecule is COC(=O)[C@H]1C[C@H](C(C)(C)C)N[C@@H]1c1ccccc1. The van der Waals surface area contributed by atoms with Crippen LogP contribution in [-0.4, -0.2) is 19.1 Å². The van der Waals surface area contributed by atoms with Crippen molar-refractivity contribution in [1.29, 1.82) is 0 Å². The zero-order valence-electron chi connectivity index (χ0n) is 12.1. The minimum Gasteiger partial charge on any atom is -0.469 e. The summed E-state index contributed by atoms with van der Waals surface area (Å²) in [7, 11) is 1.47. The Kier molecular flexibility index (Phi) is 3.95. The minimum atomic E-state index is -0.117. The molecule has 0 radical (unpaired) electrons. The quantitative estimate of drug-likeness (QED) is 0.832. The maximum Gasteiger partial charge on any atom is 0.310 e. The van der Waals surface area contributed by atoms with E-state index in [1.807, 2.05) is 18.2 Å². The highest BCUT2D eigenvalue weighted by Crippen LogP contribution is 2.39. The highest BCUT2D eigenvalue weighted by Gasteiger charge is 2.43. The van der Waals surface area contributed by atoms with Gasteiger partial charge in [0.15, 0.2) is 0 Å². The van der Waals surface area contributed by atoms with E-state index < -0.39 is 0 Å². The summed E-state index contributed by atoms with van der Waals surface area (Å²) in [5.41, 5.74) is 1.29. The molecule has 0 spiro atoms. The van der Waals surface area contributed by atoms with E-state index in [-0.39, 0.29) is 23.3 Å². The van der Waals surface area contributed by atoms with Gasteiger partial charge >= 0.3 is 5.97 Å². The number of carbonyl (C=O) groups excluding carboxylic acids is 1. The molecule has 0 aliphatic carbocycles. The molecular formula is C16H23NO2. The Labute approximate surface area is 115 Å². The molecule has 0 unspecified atom stereocenters. The Morgan fingerprint density at radius 3 is 2.42 bits per heavy atom. The van der Waals surface area contributed by atoms with Crippen molar-refractivity contribution in [2.45, 2.75) is 39.3 Å². The van der Waals surface area contributed by atoms with Crippen molar-refractivity contribution < 1.29 is 9.53 Å². The third kappa shape index (κ3) is 2.98. The van der Waals surface area contributed by atoms with Gasteiger partial charge in [0.25, 0.3) is 0 Å². The van der Waals surface area contributed by atoms with Gasteiger partial charge in [-0.05, 0) is 17.4 Å². The first-order chi connectivity index (χ1) is 8.93. The third-order valence-electron chi connectivity index (χ3n) is 3.98. The Hall–Kier alpha value is -1.35. The van der Waals surface area contributed by atoms with E-state index in [2.05, 4.69) is 38.2 Å². The summed E-state index contributed by atoms with van der Waals surface area (Å²) in [5.74, 6) is -0.218. The van der Waals surface area contributed by atoms with Crippen LogP contribution in [0.25, 0.3) is 0 Å². The maximum atomic E-state index is 12.0. The second-order valence-corrected chi connectivity index (χ2v) is 6.34. The number of benzene rings is 1. The van der Waals surface area contributed by atoms with Crippen LogP contribution in [0.2, 0.25) is 0 Å². The molecule has 1 aliphatic heterocycles. The highest BCUT2D eigenvalue weighted by atomic mass is 16.5. The first-order valence-electron chi connectivity index (χ1n) is 6.82. The summed E-state index contributed by atoms with van der Waals surface area (Å²) in [5, 5.41) is 3.61. The van der Waals surface area contributed by atoms with Crippen LogP contribution < -0.4 is 5.32 Å². The number of methoxy groups -OCH3 is 1. The van der Waals surface area contributed by atoms with Crippen LogP contribution in [0.4, 0.5) is 0 Å². The summed E-state index contributed by atoms with van der Waals surface area (Å²) in [6, 6.07) is 10.5. The van der Waals surface area contributed by atoms with Crippen molar-refractivity contribution in [3.05, 3.63) is 35.9 Å². The Balaban J connectivity index is 2.27. The van der Waals surface area contributed by atoms with Crippen LogP contribution in [0.1, 0.15) is 38.8 Å². The molecule has 0 saturated carbocycles. The first kappa shape index (κ1) is 14.1. The largest absolute Gasteiger partial charge is 0.469 e. The van der Waals surface area contributed by atoms with Crippen molar-refractivity contribution in [2.75, 3.05) is 7.11 Å². The lowest BCUT2D eigenvalue weighted by molar-refractivity contribution is -0.145. The van der Waals surface area contributed by atoms with Crippen LogP contribution in [0.5, 0.6) is 0 Å². The van der Waals surface area contributed by atoms with E-state index >= 15 is 0 Å². The smallest absolute Gasteiger partial charge is 0.310 e. The number of hydrogen-bond donors (Lipinski definition) is 1. The van der Waals surface area contributed by atoms with Crippen LogP contribution in [-0.2, 0) is 9.53 Å². The molecular weight excluding hydrogens is 238 g/mol. The molecule has 3 nitrogen and oxygen atoms in total. The predicted molar refractivity (Wildman–Crippen MR) is 75.7 cm³/mol. The molecule has 104 valence electrons. The molecule has 1 aromatic rings. The lowest BCUT2D eigenvalue weighted by Crippen LogP contribution is -2.36. The van der Waals surface area contributed by atoms with Gasteiger partial charge in [-0.2, -0.15) is 0 Å². The zero-order valence-corrected chi connectivity index (χ0v) is 12.1. The molecule has 0 bridgehead atoms. The summed E-state index contributed by atoms with van der Waals surface area (Å²) in [4.78, 5) is 12.0. The molecule has 3 atom stereocenters. The molecule has 0 aromatic heterocycles. The van der Waals surface area contributed by atoms with Crippen molar-refractivity contribution >= 4 is 5.97 Å². The monoisotopic (exact) mass is 261 g/mol. The molecule has 1 fully saturated rings. The fourth-order valence-electron chi connectivity index (χ4n) is 2.77. The molecule has 2 rings (SSSR count). The van der Waals surface area contributed by atoms with Gasteiger partial charge in [-0.1, -0.05) is 51.1 Å². The second-order valence-electron chi connectivity index (χ2n) is 6.34. The van der Waals surface area contributed by atoms with E-state index in [0.29, 0.717) is 6.04 Å². The van der Waals surface area contributed by atoms with Gasteiger partial charge in [0.1, 0.15) is 0 Å². The van der Waals surface area contributed by atoms with E-state index in [1.54, 1.807) is 0 Å². The fraction of sp³-hybridized carbons (Fsp3) is 0.562. The van der Waals surface area contributed by atoms with Gasteiger partial charge in [-0.25, -0.2) is 0 Å². The molecule has 1 saturated heterocycles. The van der Waals surface area contributed by atoms with Gasteiger partial charge in [0.2, 0.25) is 0 Å². The normalized spacial score (nSPS) is 27.3. The van der Waals surface area contributed by atoms with Crippen LogP contribution in [0, 0.1) is 11.3 Å². The predicted octanol–water partition coefficient (Wildman–Crippen LogP) is 2.92. The Morgan fingerprint density at radius 1 is 1.26 bits per heavy atom. The number of ether oxygens (including phenoxy) is 1. The summed E-state index contributed by atoms with van der Waals surface area (Å²) < 4.78 is 4.97. The molecule has 0 amide bonds. The van der Waals surface area contributed by atoms with Gasteiger partial charge in [-0.3, -0.25) is 4.79 Å². The molecule has 1 aromatic carbocycles. The minimum absolute atomic E-state index is 0.0536. The Morgan fingerprint density at radius 2 is 1.89 bits per heavy atom. The molecule has 3 heteroatoms. The summed E-state index contributed by atoms with van der Waals surface area (Å²) >= 11 is 0. The molecule has 1 aliphatic rings. The van der Waals surface area contributed by atoms with Crippen molar-refractivity contribution in [2.24, 2.45) is 11.3 Å². The summed E-state index contributed by atoms with van der Waals surface area (Å²) in [6.07, 6.45) is 0.829. The number of carbonyl (C=O) groups is 1. The Bertz CT molecular complexity index is 436. The maximum absolute atomic E-state index is 12.0. The van der Waals surface area contributed by atoms with Crippen LogP contribution >= 0.6 is 0 Å². The van der Waals surface area contributed by atoms with E-state index in [0.717, 1.165) is 12.0 Å². The average molecular weight is 261 g/mol. The van der Waals surface area contributed by atoms with Crippen molar-refractivity contribution in [3.8, 4) is 0 Å². The summed E-state index contributed by atoms with van der Waals surface area (Å²) in [6.45, 7) is 6.60. The highest BCUT2D eigenvalue weighted by molar-refractivity contribution is 5.74. The first-order valence-corrected chi connectivity index (χ1v) is 6.82. The number of rotatable bonds is 2. The van der Waals surface area contributed by atoms with Crippen molar-refractivity contribution in [3.63, 3.8) is 0 Å².